The van der Waals surface area contributed by atoms with Crippen LogP contribution in [0, 0.1) is 0 Å². The summed E-state index contributed by atoms with van der Waals surface area (Å²) in [5.41, 5.74) is -0.850. The van der Waals surface area contributed by atoms with E-state index < -0.39 is 17.6 Å². The summed E-state index contributed by atoms with van der Waals surface area (Å²) in [7, 11) is 1.55. The van der Waals surface area contributed by atoms with E-state index in [-0.39, 0.29) is 30.0 Å². The van der Waals surface area contributed by atoms with E-state index in [9.17, 15) is 22.8 Å². The highest BCUT2D eigenvalue weighted by atomic mass is 19.4. The lowest BCUT2D eigenvalue weighted by atomic mass is 10.1. The van der Waals surface area contributed by atoms with Gasteiger partial charge in [-0.25, -0.2) is 0 Å². The predicted octanol–water partition coefficient (Wildman–Crippen LogP) is 2.17. The van der Waals surface area contributed by atoms with Crippen LogP contribution in [0.25, 0.3) is 0 Å². The van der Waals surface area contributed by atoms with E-state index in [0.29, 0.717) is 26.1 Å². The molecule has 1 aromatic rings. The summed E-state index contributed by atoms with van der Waals surface area (Å²) in [6.45, 7) is 1.31. The van der Waals surface area contributed by atoms with Crippen molar-refractivity contribution in [1.82, 2.24) is 9.80 Å². The molecule has 25 heavy (non-hydrogen) atoms. The zero-order valence-electron chi connectivity index (χ0n) is 13.8. The van der Waals surface area contributed by atoms with Crippen molar-refractivity contribution >= 4 is 11.8 Å². The number of carbonyl (C=O) groups is 2. The first kappa shape index (κ1) is 17.7. The van der Waals surface area contributed by atoms with Crippen molar-refractivity contribution < 1.29 is 27.5 Å². The Morgan fingerprint density at radius 1 is 1.32 bits per heavy atom. The summed E-state index contributed by atoms with van der Waals surface area (Å²) < 4.78 is 43.6. The van der Waals surface area contributed by atoms with E-state index in [0.717, 1.165) is 12.1 Å². The number of rotatable bonds is 4. The second kappa shape index (κ2) is 6.67. The highest BCUT2D eigenvalue weighted by Crippen LogP contribution is 2.34. The maximum absolute atomic E-state index is 12.9. The Balaban J connectivity index is 1.78. The number of amides is 2. The Kier molecular flexibility index (Phi) is 4.73. The molecule has 2 atom stereocenters. The monoisotopic (exact) mass is 356 g/mol. The highest BCUT2D eigenvalue weighted by molar-refractivity contribution is 5.95. The number of benzene rings is 1. The van der Waals surface area contributed by atoms with Gasteiger partial charge in [-0.15, -0.1) is 0 Å². The van der Waals surface area contributed by atoms with Crippen molar-refractivity contribution in [2.75, 3.05) is 26.8 Å². The summed E-state index contributed by atoms with van der Waals surface area (Å²) in [5, 5.41) is 0. The first-order valence-corrected chi connectivity index (χ1v) is 8.09. The van der Waals surface area contributed by atoms with Crippen LogP contribution in [0.2, 0.25) is 0 Å². The van der Waals surface area contributed by atoms with E-state index in [1.54, 1.807) is 12.0 Å². The quantitative estimate of drug-likeness (QED) is 0.831. The third-order valence-electron chi connectivity index (χ3n) is 4.85. The number of alkyl halides is 3. The molecular weight excluding hydrogens is 337 g/mol. The van der Waals surface area contributed by atoms with E-state index >= 15 is 0 Å². The lowest BCUT2D eigenvalue weighted by Gasteiger charge is -2.25. The Morgan fingerprint density at radius 2 is 2.08 bits per heavy atom. The van der Waals surface area contributed by atoms with Gasteiger partial charge >= 0.3 is 6.18 Å². The van der Waals surface area contributed by atoms with Gasteiger partial charge in [0.05, 0.1) is 24.3 Å². The fraction of sp³-hybridized carbons (Fsp3) is 0.529. The summed E-state index contributed by atoms with van der Waals surface area (Å²) in [5.74, 6) is -0.506. The van der Waals surface area contributed by atoms with Crippen LogP contribution in [-0.2, 0) is 15.7 Å². The Labute approximate surface area is 143 Å². The molecule has 5 nitrogen and oxygen atoms in total. The third-order valence-corrected chi connectivity index (χ3v) is 4.85. The summed E-state index contributed by atoms with van der Waals surface area (Å²) in [6, 6.07) is 4.05. The number of halogens is 3. The van der Waals surface area contributed by atoms with Crippen LogP contribution in [0.15, 0.2) is 24.3 Å². The molecule has 0 N–H and O–H groups in total. The molecule has 0 saturated carbocycles. The average molecular weight is 356 g/mol. The largest absolute Gasteiger partial charge is 0.416 e. The van der Waals surface area contributed by atoms with E-state index in [1.165, 1.54) is 17.0 Å². The molecule has 0 radical (unpaired) electrons. The number of fused-ring (bicyclic) bond motifs is 1. The van der Waals surface area contributed by atoms with Gasteiger partial charge in [0.1, 0.15) is 0 Å². The first-order valence-electron chi connectivity index (χ1n) is 8.09. The summed E-state index contributed by atoms with van der Waals surface area (Å²) in [4.78, 5) is 28.1. The maximum Gasteiger partial charge on any atom is 0.416 e. The van der Waals surface area contributed by atoms with Crippen molar-refractivity contribution in [3.05, 3.63) is 35.4 Å². The Bertz CT molecular complexity index is 677. The van der Waals surface area contributed by atoms with Gasteiger partial charge in [0.25, 0.3) is 5.91 Å². The van der Waals surface area contributed by atoms with Crippen LogP contribution in [0.4, 0.5) is 13.2 Å². The van der Waals surface area contributed by atoms with Crippen LogP contribution in [0.5, 0.6) is 0 Å². The van der Waals surface area contributed by atoms with Crippen LogP contribution >= 0.6 is 0 Å². The molecule has 2 saturated heterocycles. The number of hydrogen-bond donors (Lipinski definition) is 0. The lowest BCUT2D eigenvalue weighted by Crippen LogP contribution is -2.40. The van der Waals surface area contributed by atoms with Gasteiger partial charge < -0.3 is 14.5 Å². The molecular formula is C17H19F3N2O3. The number of methoxy groups -OCH3 is 1. The Hall–Kier alpha value is -2.09. The van der Waals surface area contributed by atoms with Crippen LogP contribution in [0.1, 0.15) is 28.8 Å². The molecule has 3 rings (SSSR count). The zero-order chi connectivity index (χ0) is 18.2. The standard InChI is InChI=1S/C17H19F3N2O3/c1-25-8-7-21-13-5-6-22(14(13)10-15(21)23)16(24)11-3-2-4-12(9-11)17(18,19)20/h2-4,9,13-14H,5-8,10H2,1H3. The first-order chi connectivity index (χ1) is 11.8. The number of hydrogen-bond acceptors (Lipinski definition) is 3. The molecule has 2 amide bonds. The fourth-order valence-corrected chi connectivity index (χ4v) is 3.65. The second-order valence-electron chi connectivity index (χ2n) is 6.28. The number of ether oxygens (including phenoxy) is 1. The molecule has 2 aliphatic rings. The molecule has 136 valence electrons. The minimum atomic E-state index is -4.50. The summed E-state index contributed by atoms with van der Waals surface area (Å²) in [6.07, 6.45) is -3.66. The fourth-order valence-electron chi connectivity index (χ4n) is 3.65. The van der Waals surface area contributed by atoms with Crippen molar-refractivity contribution in [3.8, 4) is 0 Å². The van der Waals surface area contributed by atoms with Gasteiger partial charge in [-0.1, -0.05) is 6.07 Å². The van der Waals surface area contributed by atoms with Crippen molar-refractivity contribution in [3.63, 3.8) is 0 Å². The van der Waals surface area contributed by atoms with E-state index in [2.05, 4.69) is 0 Å². The Morgan fingerprint density at radius 3 is 2.76 bits per heavy atom. The minimum absolute atomic E-state index is 0.00161. The number of nitrogens with zero attached hydrogens (tertiary/aromatic N) is 2. The molecule has 0 bridgehead atoms. The molecule has 2 aliphatic heterocycles. The molecule has 0 spiro atoms. The number of carbonyl (C=O) groups excluding carboxylic acids is 2. The lowest BCUT2D eigenvalue weighted by molar-refractivity contribution is -0.137. The molecule has 2 fully saturated rings. The molecule has 1 aromatic carbocycles. The average Bonchev–Trinajstić information content (AvgIpc) is 3.10. The highest BCUT2D eigenvalue weighted by Gasteiger charge is 2.48. The van der Waals surface area contributed by atoms with Crippen LogP contribution in [0.3, 0.4) is 0 Å². The molecule has 0 aliphatic carbocycles. The van der Waals surface area contributed by atoms with E-state index in [4.69, 9.17) is 4.74 Å². The molecule has 0 aromatic heterocycles. The van der Waals surface area contributed by atoms with Crippen LogP contribution in [-0.4, -0.2) is 60.5 Å². The van der Waals surface area contributed by atoms with Crippen LogP contribution < -0.4 is 0 Å². The third kappa shape index (κ3) is 3.35. The molecule has 8 heteroatoms. The van der Waals surface area contributed by atoms with Crippen molar-refractivity contribution in [2.45, 2.75) is 31.1 Å². The number of likely N-dealkylation sites (tertiary alicyclic amines) is 2. The second-order valence-corrected chi connectivity index (χ2v) is 6.28. The van der Waals surface area contributed by atoms with Gasteiger partial charge in [0.2, 0.25) is 5.91 Å². The smallest absolute Gasteiger partial charge is 0.383 e. The molecule has 2 unspecified atom stereocenters. The summed E-state index contributed by atoms with van der Waals surface area (Å²) >= 11 is 0. The maximum atomic E-state index is 12.9. The van der Waals surface area contributed by atoms with Gasteiger partial charge in [0.15, 0.2) is 0 Å². The van der Waals surface area contributed by atoms with Crippen molar-refractivity contribution in [1.29, 1.82) is 0 Å². The van der Waals surface area contributed by atoms with Gasteiger partial charge in [-0.3, -0.25) is 9.59 Å². The normalized spacial score (nSPS) is 23.3. The topological polar surface area (TPSA) is 49.9 Å². The molecule has 2 heterocycles. The van der Waals surface area contributed by atoms with Crippen molar-refractivity contribution in [2.24, 2.45) is 0 Å². The minimum Gasteiger partial charge on any atom is -0.383 e. The SMILES string of the molecule is COCCN1C(=O)CC2C1CCN2C(=O)c1cccc(C(F)(F)F)c1. The van der Waals surface area contributed by atoms with Gasteiger partial charge in [-0.05, 0) is 24.6 Å². The van der Waals surface area contributed by atoms with Gasteiger partial charge in [-0.2, -0.15) is 13.2 Å². The van der Waals surface area contributed by atoms with Gasteiger partial charge in [0, 0.05) is 32.2 Å². The zero-order valence-corrected chi connectivity index (χ0v) is 13.8. The van der Waals surface area contributed by atoms with E-state index in [1.807, 2.05) is 0 Å². The predicted molar refractivity (Wildman–Crippen MR) is 82.9 cm³/mol.